The van der Waals surface area contributed by atoms with Gasteiger partial charge in [-0.1, -0.05) is 49.1 Å². The molecular formula is C29H34N2O4. The van der Waals surface area contributed by atoms with Gasteiger partial charge in [-0.15, -0.1) is 0 Å². The van der Waals surface area contributed by atoms with Crippen LogP contribution >= 0.6 is 0 Å². The number of anilines is 1. The van der Waals surface area contributed by atoms with Crippen molar-refractivity contribution in [3.63, 3.8) is 0 Å². The third-order valence-electron chi connectivity index (χ3n) is 6.79. The van der Waals surface area contributed by atoms with Crippen molar-refractivity contribution in [1.82, 2.24) is 5.32 Å². The van der Waals surface area contributed by atoms with Gasteiger partial charge in [0.2, 0.25) is 0 Å². The molecule has 3 N–H and O–H groups in total. The van der Waals surface area contributed by atoms with Crippen molar-refractivity contribution in [2.45, 2.75) is 58.4 Å². The molecule has 3 aromatic rings. The molecule has 1 fully saturated rings. The molecule has 0 radical (unpaired) electrons. The molecule has 1 aliphatic rings. The number of hydrogen-bond donors (Lipinski definition) is 3. The van der Waals surface area contributed by atoms with E-state index in [1.165, 1.54) is 24.8 Å². The van der Waals surface area contributed by atoms with Crippen LogP contribution in [-0.4, -0.2) is 23.5 Å². The number of carboxylic acids is 1. The molecule has 184 valence electrons. The van der Waals surface area contributed by atoms with Crippen LogP contribution in [-0.2, 0) is 4.79 Å². The van der Waals surface area contributed by atoms with Crippen molar-refractivity contribution >= 4 is 17.6 Å². The van der Waals surface area contributed by atoms with Gasteiger partial charge >= 0.3 is 5.97 Å². The van der Waals surface area contributed by atoms with Gasteiger partial charge in [-0.2, -0.15) is 0 Å². The molecule has 1 amide bonds. The summed E-state index contributed by atoms with van der Waals surface area (Å²) in [7, 11) is 0. The Hall–Kier alpha value is -3.54. The molecule has 0 aliphatic heterocycles. The fourth-order valence-electron chi connectivity index (χ4n) is 4.81. The lowest BCUT2D eigenvalue weighted by atomic mass is 9.82. The summed E-state index contributed by atoms with van der Waals surface area (Å²) in [5, 5.41) is 15.1. The molecule has 4 rings (SSSR count). The lowest BCUT2D eigenvalue weighted by Gasteiger charge is -2.31. The number of amides is 1. The van der Waals surface area contributed by atoms with Gasteiger partial charge in [0.1, 0.15) is 11.5 Å². The van der Waals surface area contributed by atoms with E-state index in [-0.39, 0.29) is 24.9 Å². The molecule has 0 bridgehead atoms. The molecule has 6 nitrogen and oxygen atoms in total. The standard InChI is InChI=1S/C29H34N2O4/c1-19-8-10-21(11-9-19)25-18-20(2)28(35-25)27(22-6-4-3-5-7-22)31-24-14-12-23(13-15-24)29(34)30-17-16-26(32)33/h8-15,18,22,27,31H,3-7,16-17H2,1-2H3,(H,30,34)(H,32,33). The minimum atomic E-state index is -0.933. The van der Waals surface area contributed by atoms with E-state index in [0.29, 0.717) is 11.5 Å². The van der Waals surface area contributed by atoms with E-state index < -0.39 is 5.97 Å². The Morgan fingerprint density at radius 1 is 1.00 bits per heavy atom. The number of aryl methyl sites for hydroxylation is 2. The Bertz CT molecular complexity index is 1140. The molecule has 0 saturated heterocycles. The second-order valence-corrected chi connectivity index (χ2v) is 9.52. The van der Waals surface area contributed by atoms with Gasteiger partial charge < -0.3 is 20.2 Å². The predicted octanol–water partition coefficient (Wildman–Crippen LogP) is 6.50. The Kier molecular flexibility index (Phi) is 7.91. The first kappa shape index (κ1) is 24.6. The van der Waals surface area contributed by atoms with Gasteiger partial charge in [0.25, 0.3) is 5.91 Å². The van der Waals surface area contributed by atoms with E-state index >= 15 is 0 Å². The molecular weight excluding hydrogens is 440 g/mol. The number of carbonyl (C=O) groups is 2. The fourth-order valence-corrected chi connectivity index (χ4v) is 4.81. The summed E-state index contributed by atoms with van der Waals surface area (Å²) in [5.41, 5.74) is 4.86. The van der Waals surface area contributed by atoms with Gasteiger partial charge in [-0.05, 0) is 68.5 Å². The zero-order valence-electron chi connectivity index (χ0n) is 20.5. The van der Waals surface area contributed by atoms with E-state index in [2.05, 4.69) is 54.8 Å². The summed E-state index contributed by atoms with van der Waals surface area (Å²) in [6.45, 7) is 4.30. The maximum absolute atomic E-state index is 12.3. The van der Waals surface area contributed by atoms with Crippen LogP contribution < -0.4 is 10.6 Å². The highest BCUT2D eigenvalue weighted by Crippen LogP contribution is 2.40. The smallest absolute Gasteiger partial charge is 0.305 e. The van der Waals surface area contributed by atoms with Crippen LogP contribution in [0.1, 0.15) is 71.8 Å². The molecule has 0 spiro atoms. The van der Waals surface area contributed by atoms with E-state index in [1.807, 2.05) is 12.1 Å². The molecule has 1 saturated carbocycles. The number of benzene rings is 2. The molecule has 1 aliphatic carbocycles. The minimum Gasteiger partial charge on any atom is -0.481 e. The number of carboxylic acid groups (broad SMARTS) is 1. The zero-order valence-corrected chi connectivity index (χ0v) is 20.5. The van der Waals surface area contributed by atoms with Crippen molar-refractivity contribution in [2.24, 2.45) is 5.92 Å². The highest BCUT2D eigenvalue weighted by atomic mass is 16.4. The number of nitrogens with one attached hydrogen (secondary N) is 2. The second kappa shape index (κ2) is 11.3. The highest BCUT2D eigenvalue weighted by molar-refractivity contribution is 5.94. The fraction of sp³-hybridized carbons (Fsp3) is 0.379. The first-order valence-electron chi connectivity index (χ1n) is 12.4. The highest BCUT2D eigenvalue weighted by Gasteiger charge is 2.29. The molecule has 1 aromatic heterocycles. The topological polar surface area (TPSA) is 91.6 Å². The summed E-state index contributed by atoms with van der Waals surface area (Å²) in [6.07, 6.45) is 5.94. The molecule has 2 aromatic carbocycles. The summed E-state index contributed by atoms with van der Waals surface area (Å²) >= 11 is 0. The van der Waals surface area contributed by atoms with E-state index in [0.717, 1.165) is 41.2 Å². The quantitative estimate of drug-likeness (QED) is 0.329. The van der Waals surface area contributed by atoms with Crippen LogP contribution in [0.5, 0.6) is 0 Å². The molecule has 6 heteroatoms. The number of hydrogen-bond acceptors (Lipinski definition) is 4. The Morgan fingerprint density at radius 2 is 1.69 bits per heavy atom. The predicted molar refractivity (Wildman–Crippen MR) is 138 cm³/mol. The van der Waals surface area contributed by atoms with Gasteiger partial charge in [0, 0.05) is 23.4 Å². The number of aliphatic carboxylic acids is 1. The lowest BCUT2D eigenvalue weighted by molar-refractivity contribution is -0.136. The Balaban J connectivity index is 1.54. The van der Waals surface area contributed by atoms with Crippen LogP contribution in [0.2, 0.25) is 0 Å². The average Bonchev–Trinajstić information content (AvgIpc) is 3.24. The van der Waals surface area contributed by atoms with Gasteiger partial charge in [0.05, 0.1) is 12.5 Å². The summed E-state index contributed by atoms with van der Waals surface area (Å²) < 4.78 is 6.48. The SMILES string of the molecule is Cc1ccc(-c2cc(C)c(C(Nc3ccc(C(=O)NCCC(=O)O)cc3)C3CCCCC3)o2)cc1. The average molecular weight is 475 g/mol. The monoisotopic (exact) mass is 474 g/mol. The number of rotatable bonds is 9. The third-order valence-corrected chi connectivity index (χ3v) is 6.79. The lowest BCUT2D eigenvalue weighted by Crippen LogP contribution is -2.26. The van der Waals surface area contributed by atoms with E-state index in [9.17, 15) is 9.59 Å². The Labute approximate surface area is 206 Å². The van der Waals surface area contributed by atoms with Crippen molar-refractivity contribution in [1.29, 1.82) is 0 Å². The van der Waals surface area contributed by atoms with Crippen LogP contribution in [0.4, 0.5) is 5.69 Å². The largest absolute Gasteiger partial charge is 0.481 e. The van der Waals surface area contributed by atoms with Gasteiger partial charge in [-0.3, -0.25) is 9.59 Å². The van der Waals surface area contributed by atoms with Crippen LogP contribution in [0.15, 0.2) is 59.0 Å². The van der Waals surface area contributed by atoms with Crippen molar-refractivity contribution in [3.05, 3.63) is 77.0 Å². The number of carbonyl (C=O) groups excluding carboxylic acids is 1. The summed E-state index contributed by atoms with van der Waals surface area (Å²) in [6, 6.07) is 17.9. The normalized spacial score (nSPS) is 14.9. The van der Waals surface area contributed by atoms with E-state index in [4.69, 9.17) is 9.52 Å². The van der Waals surface area contributed by atoms with Gasteiger partial charge in [0.15, 0.2) is 0 Å². The second-order valence-electron chi connectivity index (χ2n) is 9.52. The zero-order chi connectivity index (χ0) is 24.8. The number of furan rings is 1. The first-order valence-corrected chi connectivity index (χ1v) is 12.4. The van der Waals surface area contributed by atoms with Gasteiger partial charge in [-0.25, -0.2) is 0 Å². The molecule has 1 atom stereocenters. The summed E-state index contributed by atoms with van der Waals surface area (Å²) in [4.78, 5) is 23.0. The summed E-state index contributed by atoms with van der Waals surface area (Å²) in [5.74, 6) is 1.12. The van der Waals surface area contributed by atoms with Crippen LogP contribution in [0.25, 0.3) is 11.3 Å². The van der Waals surface area contributed by atoms with E-state index in [1.54, 1.807) is 12.1 Å². The minimum absolute atomic E-state index is 0.0461. The third kappa shape index (κ3) is 6.32. The molecule has 35 heavy (non-hydrogen) atoms. The molecule has 1 heterocycles. The van der Waals surface area contributed by atoms with Crippen LogP contribution in [0.3, 0.4) is 0 Å². The molecule has 1 unspecified atom stereocenters. The van der Waals surface area contributed by atoms with Crippen molar-refractivity contribution < 1.29 is 19.1 Å². The van der Waals surface area contributed by atoms with Crippen molar-refractivity contribution in [2.75, 3.05) is 11.9 Å². The van der Waals surface area contributed by atoms with Crippen LogP contribution in [0, 0.1) is 19.8 Å². The Morgan fingerprint density at radius 3 is 2.34 bits per heavy atom. The maximum Gasteiger partial charge on any atom is 0.305 e. The maximum atomic E-state index is 12.3. The first-order chi connectivity index (χ1) is 16.9. The van der Waals surface area contributed by atoms with Crippen molar-refractivity contribution in [3.8, 4) is 11.3 Å².